The third kappa shape index (κ3) is 2.13. The molecule has 0 fully saturated rings. The fourth-order valence-corrected chi connectivity index (χ4v) is 2.26. The molecular weight excluding hydrogens is 250 g/mol. The molecule has 1 aliphatic rings. The van der Waals surface area contributed by atoms with E-state index in [9.17, 15) is 8.40 Å². The predicted octanol–water partition coefficient (Wildman–Crippen LogP) is -1.07. The Balaban J connectivity index is 2.22. The molecule has 76 valence electrons. The molecule has 0 spiro atoms. The molecule has 1 N–H and O–H groups in total. The van der Waals surface area contributed by atoms with Gasteiger partial charge in [-0.2, -0.15) is 0 Å². The molecule has 0 saturated heterocycles. The topological polar surface area (TPSA) is 67.4 Å². The maximum absolute atomic E-state index is 10.5. The Labute approximate surface area is 87.3 Å². The van der Waals surface area contributed by atoms with E-state index in [2.05, 4.69) is 5.32 Å². The second kappa shape index (κ2) is 4.37. The largest absolute Gasteiger partial charge is 0.439 e. The lowest BCUT2D eigenvalue weighted by molar-refractivity contribution is -1.63. The molecule has 0 saturated carbocycles. The number of hydrogen-bond donors (Lipinski definition) is 1. The van der Waals surface area contributed by atoms with Gasteiger partial charge in [-0.25, -0.2) is 0 Å². The van der Waals surface area contributed by atoms with Crippen molar-refractivity contribution in [3.05, 3.63) is 35.4 Å². The van der Waals surface area contributed by atoms with E-state index in [1.807, 2.05) is 24.3 Å². The molecule has 5 heteroatoms. The third-order valence-corrected chi connectivity index (χ3v) is 2.90. The highest BCUT2D eigenvalue weighted by Gasteiger charge is 2.28. The fourth-order valence-electron chi connectivity index (χ4n) is 1.62. The van der Waals surface area contributed by atoms with E-state index in [4.69, 9.17) is 3.83 Å². The smallest absolute Gasteiger partial charge is 0.372 e. The Morgan fingerprint density at radius 3 is 2.93 bits per heavy atom. The summed E-state index contributed by atoms with van der Waals surface area (Å²) in [7, 11) is 0. The van der Waals surface area contributed by atoms with Crippen LogP contribution < -0.4 is 13.7 Å². The molecular formula is C9H10BrNO3. The van der Waals surface area contributed by atoms with Gasteiger partial charge in [-0.05, 0) is 12.0 Å². The van der Waals surface area contributed by atoms with Gasteiger partial charge in [0, 0.05) is 15.9 Å². The molecule has 0 aromatic heterocycles. The number of hydrogen-bond acceptors (Lipinski definition) is 4. The average Bonchev–Trinajstić information content (AvgIpc) is 2.18. The molecule has 1 heterocycles. The van der Waals surface area contributed by atoms with Crippen LogP contribution in [0, 0.1) is 14.8 Å². The van der Waals surface area contributed by atoms with Gasteiger partial charge in [-0.3, -0.25) is 5.32 Å². The monoisotopic (exact) mass is 259 g/mol. The van der Waals surface area contributed by atoms with E-state index in [0.717, 1.165) is 24.1 Å². The predicted molar refractivity (Wildman–Crippen MR) is 42.0 cm³/mol. The normalized spacial score (nSPS) is 20.9. The Kier molecular flexibility index (Phi) is 3.15. The molecule has 14 heavy (non-hydrogen) atoms. The van der Waals surface area contributed by atoms with E-state index in [-0.39, 0.29) is 0 Å². The van der Waals surface area contributed by atoms with Crippen LogP contribution in [0.2, 0.25) is 0 Å². The van der Waals surface area contributed by atoms with Crippen molar-refractivity contribution < 1.29 is 27.0 Å². The van der Waals surface area contributed by atoms with Crippen molar-refractivity contribution in [2.24, 2.45) is 0 Å². The number of benzene rings is 1. The van der Waals surface area contributed by atoms with Crippen LogP contribution in [0.5, 0.6) is 0 Å². The minimum Gasteiger partial charge on any atom is -0.372 e. The minimum absolute atomic E-state index is 0.495. The lowest BCUT2D eigenvalue weighted by atomic mass is 10.0. The number of rotatable bonds is 2. The van der Waals surface area contributed by atoms with Gasteiger partial charge in [0.25, 0.3) is 0 Å². The molecule has 1 aromatic rings. The van der Waals surface area contributed by atoms with Gasteiger partial charge in [0.1, 0.15) is 0 Å². The van der Waals surface area contributed by atoms with Gasteiger partial charge in [-0.15, -0.1) is 0 Å². The molecule has 1 unspecified atom stereocenters. The number of halogens is 1. The first-order valence-corrected chi connectivity index (χ1v) is 6.25. The first-order chi connectivity index (χ1) is 6.77. The summed E-state index contributed by atoms with van der Waals surface area (Å²) in [6.07, 6.45) is 0.417. The Morgan fingerprint density at radius 1 is 1.36 bits per heavy atom. The molecule has 0 bridgehead atoms. The van der Waals surface area contributed by atoms with Crippen LogP contribution in [0.4, 0.5) is 0 Å². The third-order valence-electron chi connectivity index (χ3n) is 2.22. The van der Waals surface area contributed by atoms with Crippen LogP contribution in [-0.2, 0) is 10.2 Å². The highest BCUT2D eigenvalue weighted by molar-refractivity contribution is 5.30. The summed E-state index contributed by atoms with van der Waals surface area (Å²) < 4.78 is 25.8. The maximum atomic E-state index is 10.5. The first-order valence-electron chi connectivity index (χ1n) is 4.31. The molecule has 0 aliphatic carbocycles. The van der Waals surface area contributed by atoms with E-state index >= 15 is 0 Å². The molecule has 0 radical (unpaired) electrons. The zero-order valence-corrected chi connectivity index (χ0v) is 8.99. The molecule has 4 nitrogen and oxygen atoms in total. The van der Waals surface area contributed by atoms with Gasteiger partial charge in [-0.1, -0.05) is 24.3 Å². The van der Waals surface area contributed by atoms with Crippen molar-refractivity contribution in [2.75, 3.05) is 6.54 Å². The molecule has 0 amide bonds. The average molecular weight is 260 g/mol. The second-order valence-electron chi connectivity index (χ2n) is 3.06. The van der Waals surface area contributed by atoms with Crippen molar-refractivity contribution in [3.63, 3.8) is 0 Å². The first kappa shape index (κ1) is 10.1. The van der Waals surface area contributed by atoms with Gasteiger partial charge in [0.05, 0.1) is 0 Å². The highest BCUT2D eigenvalue weighted by atomic mass is 80.0. The summed E-state index contributed by atoms with van der Waals surface area (Å²) in [6.45, 7) is 0.747. The Bertz CT molecular complexity index is 319. The SMILES string of the molecule is [O-][Br+2]([O-])OC1NCCc2ccccc21. The quantitative estimate of drug-likeness (QED) is 0.735. The minimum atomic E-state index is -3.16. The Morgan fingerprint density at radius 2 is 2.14 bits per heavy atom. The van der Waals surface area contributed by atoms with Crippen LogP contribution in [-0.4, -0.2) is 6.54 Å². The van der Waals surface area contributed by atoms with Gasteiger partial charge >= 0.3 is 14.8 Å². The summed E-state index contributed by atoms with van der Waals surface area (Å²) in [6, 6.07) is 7.71. The van der Waals surface area contributed by atoms with E-state index in [0.29, 0.717) is 0 Å². The lowest BCUT2D eigenvalue weighted by Crippen LogP contribution is -2.41. The summed E-state index contributed by atoms with van der Waals surface area (Å²) in [5.41, 5.74) is 2.08. The van der Waals surface area contributed by atoms with Gasteiger partial charge < -0.3 is 8.40 Å². The Hall–Kier alpha value is -0.460. The second-order valence-corrected chi connectivity index (χ2v) is 4.23. The van der Waals surface area contributed by atoms with Crippen LogP contribution in [0.3, 0.4) is 0 Å². The summed E-state index contributed by atoms with van der Waals surface area (Å²) >= 11 is -3.16. The standard InChI is InChI=1S/C9H10BrNO3/c12-10(13)14-9-8-4-2-1-3-7(8)5-6-11-9/h1-4,9,11H,5-6H2. The zero-order valence-electron chi connectivity index (χ0n) is 7.40. The molecule has 1 aliphatic heterocycles. The van der Waals surface area contributed by atoms with E-state index < -0.39 is 21.0 Å². The van der Waals surface area contributed by atoms with Crippen LogP contribution in [0.25, 0.3) is 0 Å². The molecule has 1 aromatic carbocycles. The summed E-state index contributed by atoms with van der Waals surface area (Å²) in [5, 5.41) is 3.01. The van der Waals surface area contributed by atoms with E-state index in [1.165, 1.54) is 0 Å². The lowest BCUT2D eigenvalue weighted by Gasteiger charge is -2.21. The van der Waals surface area contributed by atoms with Gasteiger partial charge in [0.2, 0.25) is 6.23 Å². The van der Waals surface area contributed by atoms with Crippen LogP contribution in [0.15, 0.2) is 24.3 Å². The maximum Gasteiger partial charge on any atom is 0.439 e. The fraction of sp³-hybridized carbons (Fsp3) is 0.333. The zero-order chi connectivity index (χ0) is 9.97. The number of fused-ring (bicyclic) bond motifs is 1. The summed E-state index contributed by atoms with van der Waals surface area (Å²) in [5.74, 6) is 0. The van der Waals surface area contributed by atoms with Crippen molar-refractivity contribution in [3.8, 4) is 0 Å². The molecule has 2 rings (SSSR count). The van der Waals surface area contributed by atoms with Crippen LogP contribution >= 0.6 is 0 Å². The number of nitrogens with one attached hydrogen (secondary N) is 1. The van der Waals surface area contributed by atoms with Crippen molar-refractivity contribution in [2.45, 2.75) is 12.6 Å². The molecule has 1 atom stereocenters. The van der Waals surface area contributed by atoms with Crippen LogP contribution in [0.1, 0.15) is 17.4 Å². The van der Waals surface area contributed by atoms with Gasteiger partial charge in [0.15, 0.2) is 0 Å². The van der Waals surface area contributed by atoms with Crippen molar-refractivity contribution in [1.82, 2.24) is 5.32 Å². The summed E-state index contributed by atoms with van der Waals surface area (Å²) in [4.78, 5) is 0. The van der Waals surface area contributed by atoms with Crippen molar-refractivity contribution in [1.29, 1.82) is 0 Å². The van der Waals surface area contributed by atoms with Crippen molar-refractivity contribution >= 4 is 0 Å². The highest BCUT2D eigenvalue weighted by Crippen LogP contribution is 2.23. The van der Waals surface area contributed by atoms with E-state index in [1.54, 1.807) is 0 Å².